The molecule has 2 aliphatic rings. The summed E-state index contributed by atoms with van der Waals surface area (Å²) in [6, 6.07) is 0.721. The molecule has 2 saturated heterocycles. The summed E-state index contributed by atoms with van der Waals surface area (Å²) in [4.78, 5) is 24.8. The van der Waals surface area contributed by atoms with Gasteiger partial charge in [0, 0.05) is 25.0 Å². The number of amides is 2. The fourth-order valence-electron chi connectivity index (χ4n) is 2.58. The summed E-state index contributed by atoms with van der Waals surface area (Å²) in [5, 5.41) is 6.37. The second-order valence-electron chi connectivity index (χ2n) is 5.06. The summed E-state index contributed by atoms with van der Waals surface area (Å²) in [6.45, 7) is 4.04. The van der Waals surface area contributed by atoms with E-state index in [0.717, 1.165) is 32.4 Å². The number of carbonyl (C=O) groups is 2. The van der Waals surface area contributed by atoms with Gasteiger partial charge in [0.05, 0.1) is 6.54 Å². The van der Waals surface area contributed by atoms with Crippen molar-refractivity contribution in [1.82, 2.24) is 15.5 Å². The molecule has 2 atom stereocenters. The second kappa shape index (κ2) is 6.95. The molecule has 6 heteroatoms. The maximum atomic E-state index is 11.8. The summed E-state index contributed by atoms with van der Waals surface area (Å²) in [5.41, 5.74) is 0. The molecule has 2 heterocycles. The number of likely N-dealkylation sites (tertiary alicyclic amines) is 1. The Morgan fingerprint density at radius 2 is 2.33 bits per heavy atom. The summed E-state index contributed by atoms with van der Waals surface area (Å²) in [6.07, 6.45) is 3.43. The highest BCUT2D eigenvalue weighted by atomic mass is 35.5. The van der Waals surface area contributed by atoms with Crippen LogP contribution in [-0.4, -0.2) is 48.4 Å². The molecule has 18 heavy (non-hydrogen) atoms. The van der Waals surface area contributed by atoms with Crippen molar-refractivity contribution >= 4 is 24.2 Å². The van der Waals surface area contributed by atoms with Gasteiger partial charge in [-0.2, -0.15) is 0 Å². The van der Waals surface area contributed by atoms with Crippen molar-refractivity contribution in [3.05, 3.63) is 0 Å². The van der Waals surface area contributed by atoms with E-state index in [0.29, 0.717) is 12.5 Å². The minimum Gasteiger partial charge on any atom is -0.352 e. The Morgan fingerprint density at radius 3 is 2.94 bits per heavy atom. The van der Waals surface area contributed by atoms with Gasteiger partial charge in [-0.3, -0.25) is 9.59 Å². The van der Waals surface area contributed by atoms with E-state index >= 15 is 0 Å². The van der Waals surface area contributed by atoms with Crippen LogP contribution in [0.5, 0.6) is 0 Å². The molecule has 2 fully saturated rings. The van der Waals surface area contributed by atoms with Crippen molar-refractivity contribution < 1.29 is 9.59 Å². The lowest BCUT2D eigenvalue weighted by Crippen LogP contribution is -2.49. The normalized spacial score (nSPS) is 27.8. The second-order valence-corrected chi connectivity index (χ2v) is 5.06. The average molecular weight is 276 g/mol. The minimum absolute atomic E-state index is 0. The van der Waals surface area contributed by atoms with E-state index < -0.39 is 0 Å². The lowest BCUT2D eigenvalue weighted by molar-refractivity contribution is -0.133. The van der Waals surface area contributed by atoms with Crippen LogP contribution in [-0.2, 0) is 9.59 Å². The van der Waals surface area contributed by atoms with Crippen LogP contribution >= 0.6 is 12.4 Å². The average Bonchev–Trinajstić information content (AvgIpc) is 2.64. The highest BCUT2D eigenvalue weighted by Crippen LogP contribution is 2.10. The molecule has 0 aliphatic carbocycles. The summed E-state index contributed by atoms with van der Waals surface area (Å²) >= 11 is 0. The Labute approximate surface area is 114 Å². The third-order valence-corrected chi connectivity index (χ3v) is 3.49. The van der Waals surface area contributed by atoms with Gasteiger partial charge in [-0.25, -0.2) is 0 Å². The number of hydrogen-bond acceptors (Lipinski definition) is 3. The van der Waals surface area contributed by atoms with Crippen molar-refractivity contribution in [2.75, 3.05) is 19.6 Å². The standard InChI is InChI=1S/C12H21N3O2.ClH/c1-9-7-10(4-5-13-9)14-11(16)8-15-6-2-3-12(15)17;/h9-10,13H,2-8H2,1H3,(H,14,16);1H. The van der Waals surface area contributed by atoms with E-state index in [1.54, 1.807) is 4.90 Å². The number of halogens is 1. The minimum atomic E-state index is -0.0145. The van der Waals surface area contributed by atoms with Crippen LogP contribution < -0.4 is 10.6 Å². The van der Waals surface area contributed by atoms with Crippen molar-refractivity contribution in [1.29, 1.82) is 0 Å². The van der Waals surface area contributed by atoms with Gasteiger partial charge in [-0.05, 0) is 32.7 Å². The van der Waals surface area contributed by atoms with Crippen LogP contribution in [0, 0.1) is 0 Å². The molecule has 2 unspecified atom stereocenters. The monoisotopic (exact) mass is 275 g/mol. The lowest BCUT2D eigenvalue weighted by atomic mass is 10.0. The van der Waals surface area contributed by atoms with Crippen LogP contribution in [0.15, 0.2) is 0 Å². The van der Waals surface area contributed by atoms with Crippen LogP contribution in [0.25, 0.3) is 0 Å². The number of nitrogens with zero attached hydrogens (tertiary/aromatic N) is 1. The maximum Gasteiger partial charge on any atom is 0.239 e. The van der Waals surface area contributed by atoms with Gasteiger partial charge in [0.1, 0.15) is 0 Å². The van der Waals surface area contributed by atoms with E-state index in [-0.39, 0.29) is 36.8 Å². The molecular weight excluding hydrogens is 254 g/mol. The third-order valence-electron chi connectivity index (χ3n) is 3.49. The Bertz CT molecular complexity index is 312. The quantitative estimate of drug-likeness (QED) is 0.778. The highest BCUT2D eigenvalue weighted by molar-refractivity contribution is 5.86. The predicted molar refractivity (Wildman–Crippen MR) is 71.7 cm³/mol. The Morgan fingerprint density at radius 1 is 1.56 bits per heavy atom. The van der Waals surface area contributed by atoms with Crippen LogP contribution in [0.4, 0.5) is 0 Å². The first-order valence-corrected chi connectivity index (χ1v) is 6.45. The molecule has 104 valence electrons. The summed E-state index contributed by atoms with van der Waals surface area (Å²) in [5.74, 6) is 0.0955. The van der Waals surface area contributed by atoms with Crippen LogP contribution in [0.2, 0.25) is 0 Å². The van der Waals surface area contributed by atoms with E-state index in [4.69, 9.17) is 0 Å². The van der Waals surface area contributed by atoms with Gasteiger partial charge in [0.2, 0.25) is 11.8 Å². The number of carbonyl (C=O) groups excluding carboxylic acids is 2. The molecule has 2 amide bonds. The lowest BCUT2D eigenvalue weighted by Gasteiger charge is -2.29. The van der Waals surface area contributed by atoms with Crippen LogP contribution in [0.1, 0.15) is 32.6 Å². The highest BCUT2D eigenvalue weighted by Gasteiger charge is 2.24. The van der Waals surface area contributed by atoms with Crippen molar-refractivity contribution in [2.45, 2.75) is 44.7 Å². The molecule has 0 saturated carbocycles. The molecule has 2 N–H and O–H groups in total. The van der Waals surface area contributed by atoms with Crippen molar-refractivity contribution in [3.8, 4) is 0 Å². The zero-order chi connectivity index (χ0) is 12.3. The van der Waals surface area contributed by atoms with Gasteiger partial charge in [0.15, 0.2) is 0 Å². The largest absolute Gasteiger partial charge is 0.352 e. The summed E-state index contributed by atoms with van der Waals surface area (Å²) in [7, 11) is 0. The number of nitrogens with one attached hydrogen (secondary N) is 2. The first kappa shape index (κ1) is 15.2. The predicted octanol–water partition coefficient (Wildman–Crippen LogP) is 0.287. The van der Waals surface area contributed by atoms with Crippen molar-refractivity contribution in [2.24, 2.45) is 0 Å². The van der Waals surface area contributed by atoms with Gasteiger partial charge in [0.25, 0.3) is 0 Å². The van der Waals surface area contributed by atoms with E-state index in [1.807, 2.05) is 0 Å². The Hall–Kier alpha value is -0.810. The van der Waals surface area contributed by atoms with Gasteiger partial charge >= 0.3 is 0 Å². The zero-order valence-electron chi connectivity index (χ0n) is 10.8. The van der Waals surface area contributed by atoms with Gasteiger partial charge in [-0.1, -0.05) is 0 Å². The fourth-order valence-corrected chi connectivity index (χ4v) is 2.58. The third kappa shape index (κ3) is 4.14. The number of rotatable bonds is 3. The molecule has 0 aromatic carbocycles. The molecule has 2 aliphatic heterocycles. The molecule has 0 aromatic rings. The molecule has 2 rings (SSSR count). The summed E-state index contributed by atoms with van der Waals surface area (Å²) < 4.78 is 0. The fraction of sp³-hybridized carbons (Fsp3) is 0.833. The smallest absolute Gasteiger partial charge is 0.239 e. The SMILES string of the molecule is CC1CC(NC(=O)CN2CCCC2=O)CCN1.Cl. The molecule has 0 bridgehead atoms. The maximum absolute atomic E-state index is 11.8. The molecule has 0 radical (unpaired) electrons. The number of piperidine rings is 1. The first-order chi connectivity index (χ1) is 8.15. The molecular formula is C12H22ClN3O2. The zero-order valence-corrected chi connectivity index (χ0v) is 11.6. The Kier molecular flexibility index (Phi) is 5.88. The van der Waals surface area contributed by atoms with Gasteiger partial charge < -0.3 is 15.5 Å². The van der Waals surface area contributed by atoms with Crippen molar-refractivity contribution in [3.63, 3.8) is 0 Å². The van der Waals surface area contributed by atoms with E-state index in [1.165, 1.54) is 0 Å². The molecule has 0 aromatic heterocycles. The van der Waals surface area contributed by atoms with Crippen LogP contribution in [0.3, 0.4) is 0 Å². The molecule has 0 spiro atoms. The van der Waals surface area contributed by atoms with E-state index in [2.05, 4.69) is 17.6 Å². The molecule has 5 nitrogen and oxygen atoms in total. The van der Waals surface area contributed by atoms with Gasteiger partial charge in [-0.15, -0.1) is 12.4 Å². The number of hydrogen-bond donors (Lipinski definition) is 2. The first-order valence-electron chi connectivity index (χ1n) is 6.45. The Balaban J connectivity index is 0.00000162. The van der Waals surface area contributed by atoms with E-state index in [9.17, 15) is 9.59 Å². The topological polar surface area (TPSA) is 61.4 Å².